The summed E-state index contributed by atoms with van der Waals surface area (Å²) in [7, 11) is 0. The van der Waals surface area contributed by atoms with Crippen LogP contribution in [0.3, 0.4) is 0 Å². The maximum absolute atomic E-state index is 10.9. The Morgan fingerprint density at radius 1 is 1.24 bits per heavy atom. The van der Waals surface area contributed by atoms with Gasteiger partial charge in [0, 0.05) is 5.92 Å². The molecule has 0 bridgehead atoms. The van der Waals surface area contributed by atoms with E-state index in [1.165, 1.54) is 0 Å². The molecule has 0 unspecified atom stereocenters. The average molecular weight is 242 g/mol. The highest BCUT2D eigenvalue weighted by Crippen LogP contribution is 2.41. The standard InChI is InChI=1S/C10H10O7/c1-5(2)6-7(15-3-11)8(16-4-12)9(17-6)10(13)14/h3-5H,1-2H3,(H,13,14). The van der Waals surface area contributed by atoms with E-state index in [4.69, 9.17) is 9.52 Å². The Bertz CT molecular complexity index is 444. The number of rotatable bonds is 6. The quantitative estimate of drug-likeness (QED) is 0.746. The molecule has 17 heavy (non-hydrogen) atoms. The first-order valence-electron chi connectivity index (χ1n) is 4.63. The van der Waals surface area contributed by atoms with Gasteiger partial charge in [0.2, 0.25) is 11.5 Å². The molecule has 0 aromatic carbocycles. The first-order valence-corrected chi connectivity index (χ1v) is 4.63. The summed E-state index contributed by atoms with van der Waals surface area (Å²) in [6.07, 6.45) is 0. The first-order chi connectivity index (χ1) is 8.02. The molecule has 7 nitrogen and oxygen atoms in total. The first kappa shape index (κ1) is 12.8. The molecule has 1 aromatic rings. The van der Waals surface area contributed by atoms with Crippen molar-refractivity contribution in [2.75, 3.05) is 0 Å². The molecule has 0 saturated heterocycles. The van der Waals surface area contributed by atoms with Gasteiger partial charge in [-0.3, -0.25) is 9.59 Å². The minimum atomic E-state index is -1.43. The number of aromatic carboxylic acids is 1. The summed E-state index contributed by atoms with van der Waals surface area (Å²) in [5, 5.41) is 8.85. The molecule has 0 fully saturated rings. The highest BCUT2D eigenvalue weighted by atomic mass is 16.6. The zero-order valence-corrected chi connectivity index (χ0v) is 9.13. The third-order valence-electron chi connectivity index (χ3n) is 1.90. The number of ether oxygens (including phenoxy) is 2. The minimum absolute atomic E-state index is 0.0268. The van der Waals surface area contributed by atoms with E-state index >= 15 is 0 Å². The van der Waals surface area contributed by atoms with E-state index in [1.807, 2.05) is 0 Å². The number of furan rings is 1. The van der Waals surface area contributed by atoms with Gasteiger partial charge in [0.1, 0.15) is 0 Å². The molecular weight excluding hydrogens is 232 g/mol. The molecule has 7 heteroatoms. The molecule has 0 saturated carbocycles. The van der Waals surface area contributed by atoms with Gasteiger partial charge in [-0.2, -0.15) is 0 Å². The van der Waals surface area contributed by atoms with Crippen LogP contribution in [-0.2, 0) is 9.59 Å². The van der Waals surface area contributed by atoms with Crippen LogP contribution >= 0.6 is 0 Å². The SMILES string of the molecule is CC(C)c1oc(C(=O)O)c(OC=O)c1OC=O. The van der Waals surface area contributed by atoms with Crippen molar-refractivity contribution in [3.05, 3.63) is 11.5 Å². The molecule has 0 aliphatic heterocycles. The Morgan fingerprint density at radius 2 is 1.76 bits per heavy atom. The van der Waals surface area contributed by atoms with Crippen LogP contribution in [0.15, 0.2) is 4.42 Å². The van der Waals surface area contributed by atoms with Crippen molar-refractivity contribution in [1.29, 1.82) is 0 Å². The van der Waals surface area contributed by atoms with Crippen LogP contribution in [0.25, 0.3) is 0 Å². The monoisotopic (exact) mass is 242 g/mol. The Hall–Kier alpha value is -2.31. The fourth-order valence-electron chi connectivity index (χ4n) is 1.25. The molecule has 92 valence electrons. The van der Waals surface area contributed by atoms with Crippen LogP contribution in [0, 0.1) is 0 Å². The van der Waals surface area contributed by atoms with Crippen LogP contribution in [0.2, 0.25) is 0 Å². The van der Waals surface area contributed by atoms with Crippen LogP contribution in [0.4, 0.5) is 0 Å². The summed E-state index contributed by atoms with van der Waals surface area (Å²) in [6.45, 7) is 3.53. The molecule has 1 heterocycles. The highest BCUT2D eigenvalue weighted by Gasteiger charge is 2.29. The Kier molecular flexibility index (Phi) is 3.86. The summed E-state index contributed by atoms with van der Waals surface area (Å²) in [6, 6.07) is 0. The fraction of sp³-hybridized carbons (Fsp3) is 0.300. The Balaban J connectivity index is 3.41. The van der Waals surface area contributed by atoms with E-state index in [0.29, 0.717) is 0 Å². The van der Waals surface area contributed by atoms with Gasteiger partial charge in [-0.05, 0) is 0 Å². The van der Waals surface area contributed by atoms with E-state index in [0.717, 1.165) is 0 Å². The van der Waals surface area contributed by atoms with Crippen molar-refractivity contribution < 1.29 is 33.4 Å². The third kappa shape index (κ3) is 2.44. The van der Waals surface area contributed by atoms with Crippen molar-refractivity contribution >= 4 is 18.9 Å². The molecule has 0 atom stereocenters. The van der Waals surface area contributed by atoms with Gasteiger partial charge in [0.15, 0.2) is 5.76 Å². The van der Waals surface area contributed by atoms with E-state index in [1.54, 1.807) is 13.8 Å². The lowest BCUT2D eigenvalue weighted by Gasteiger charge is -2.03. The summed E-state index contributed by atoms with van der Waals surface area (Å²) in [4.78, 5) is 31.5. The van der Waals surface area contributed by atoms with Crippen LogP contribution < -0.4 is 9.47 Å². The number of carbonyl (C=O) groups excluding carboxylic acids is 2. The number of hydrogen-bond acceptors (Lipinski definition) is 6. The largest absolute Gasteiger partial charge is 0.475 e. The van der Waals surface area contributed by atoms with Crippen molar-refractivity contribution in [3.8, 4) is 11.5 Å². The van der Waals surface area contributed by atoms with Gasteiger partial charge in [-0.1, -0.05) is 13.8 Å². The Labute approximate surface area is 95.9 Å². The van der Waals surface area contributed by atoms with Crippen LogP contribution in [0.1, 0.15) is 36.1 Å². The van der Waals surface area contributed by atoms with E-state index < -0.39 is 17.5 Å². The number of carboxylic acids is 1. The maximum Gasteiger partial charge on any atom is 0.375 e. The molecule has 1 rings (SSSR count). The summed E-state index contributed by atoms with van der Waals surface area (Å²) in [5.41, 5.74) is 0. The normalized spacial score (nSPS) is 10.1. The number of carboxylic acid groups (broad SMARTS) is 1. The zero-order chi connectivity index (χ0) is 13.0. The lowest BCUT2D eigenvalue weighted by molar-refractivity contribution is -0.123. The molecule has 0 spiro atoms. The van der Waals surface area contributed by atoms with Gasteiger partial charge >= 0.3 is 5.97 Å². The summed E-state index contributed by atoms with van der Waals surface area (Å²) >= 11 is 0. The van der Waals surface area contributed by atoms with Crippen molar-refractivity contribution in [2.24, 2.45) is 0 Å². The fourth-order valence-corrected chi connectivity index (χ4v) is 1.25. The zero-order valence-electron chi connectivity index (χ0n) is 9.13. The molecule has 1 N–H and O–H groups in total. The van der Waals surface area contributed by atoms with Gasteiger partial charge < -0.3 is 19.0 Å². The lowest BCUT2D eigenvalue weighted by atomic mass is 10.1. The summed E-state index contributed by atoms with van der Waals surface area (Å²) < 4.78 is 14.1. The topological polar surface area (TPSA) is 103 Å². The molecule has 0 radical (unpaired) electrons. The van der Waals surface area contributed by atoms with Crippen molar-refractivity contribution in [1.82, 2.24) is 0 Å². The minimum Gasteiger partial charge on any atom is -0.475 e. The van der Waals surface area contributed by atoms with Crippen LogP contribution in [0.5, 0.6) is 11.5 Å². The molecule has 1 aromatic heterocycles. The molecular formula is C10H10O7. The average Bonchev–Trinajstić information content (AvgIpc) is 2.59. The number of hydrogen-bond donors (Lipinski definition) is 1. The lowest BCUT2D eigenvalue weighted by Crippen LogP contribution is -2.00. The van der Waals surface area contributed by atoms with Gasteiger partial charge in [0.25, 0.3) is 18.7 Å². The second kappa shape index (κ2) is 5.15. The van der Waals surface area contributed by atoms with Gasteiger partial charge in [-0.25, -0.2) is 4.79 Å². The van der Waals surface area contributed by atoms with Gasteiger partial charge in [-0.15, -0.1) is 0 Å². The smallest absolute Gasteiger partial charge is 0.375 e. The second-order valence-corrected chi connectivity index (χ2v) is 3.34. The third-order valence-corrected chi connectivity index (χ3v) is 1.90. The van der Waals surface area contributed by atoms with Gasteiger partial charge in [0.05, 0.1) is 0 Å². The van der Waals surface area contributed by atoms with Crippen LogP contribution in [-0.4, -0.2) is 24.0 Å². The molecule has 0 aliphatic carbocycles. The van der Waals surface area contributed by atoms with E-state index in [-0.39, 0.29) is 30.4 Å². The Morgan fingerprint density at radius 3 is 2.18 bits per heavy atom. The maximum atomic E-state index is 10.9. The molecule has 0 amide bonds. The highest BCUT2D eigenvalue weighted by molar-refractivity contribution is 5.90. The van der Waals surface area contributed by atoms with Crippen molar-refractivity contribution in [2.45, 2.75) is 19.8 Å². The summed E-state index contributed by atoms with van der Waals surface area (Å²) in [5.74, 6) is -2.75. The van der Waals surface area contributed by atoms with Crippen molar-refractivity contribution in [3.63, 3.8) is 0 Å². The number of carbonyl (C=O) groups is 3. The second-order valence-electron chi connectivity index (χ2n) is 3.34. The predicted molar refractivity (Wildman–Crippen MR) is 53.1 cm³/mol. The predicted octanol–water partition coefficient (Wildman–Crippen LogP) is 1.17. The molecule has 0 aliphatic rings. The van der Waals surface area contributed by atoms with E-state index in [2.05, 4.69) is 9.47 Å². The van der Waals surface area contributed by atoms with E-state index in [9.17, 15) is 14.4 Å².